The number of amides is 2. The summed E-state index contributed by atoms with van der Waals surface area (Å²) in [4.78, 5) is 82.7. The summed E-state index contributed by atoms with van der Waals surface area (Å²) in [7, 11) is -8.37. The first-order valence-corrected chi connectivity index (χ1v) is 28.4. The van der Waals surface area contributed by atoms with E-state index in [0.29, 0.717) is 0 Å². The van der Waals surface area contributed by atoms with Gasteiger partial charge in [-0.3, -0.25) is 53.2 Å². The second-order valence-corrected chi connectivity index (χ2v) is 22.9. The third-order valence-corrected chi connectivity index (χ3v) is 15.2. The fraction of sp³-hybridized carbons (Fsp3) is 0.462. The average Bonchev–Trinajstić information content (AvgIpc) is 4.00. The zero-order valence-electron chi connectivity index (χ0n) is 45.7. The molecule has 7 rings (SSSR count). The molecule has 82 heavy (non-hydrogen) atoms. The normalized spacial score (nSPS) is 26.3. The van der Waals surface area contributed by atoms with E-state index in [1.807, 2.05) is 0 Å². The number of carbonyl (C=O) groups is 6. The van der Waals surface area contributed by atoms with Crippen molar-refractivity contribution in [1.82, 2.24) is 20.0 Å². The van der Waals surface area contributed by atoms with Crippen LogP contribution in [-0.4, -0.2) is 151 Å². The summed E-state index contributed by atoms with van der Waals surface area (Å²) in [5.41, 5.74) is -4.80. The highest BCUT2D eigenvalue weighted by atomic mass is 31.2. The molecule has 3 aromatic carbocycles. The first kappa shape index (κ1) is 66.0. The molecule has 2 saturated heterocycles. The zero-order chi connectivity index (χ0) is 60.9. The number of allylic oxidation sites excluding steroid dienone is 2. The van der Waals surface area contributed by atoms with Crippen LogP contribution in [0.4, 0.5) is 14.5 Å². The number of aliphatic hydroxyl groups excluding tert-OH is 3. The van der Waals surface area contributed by atoms with Crippen LogP contribution in [0.1, 0.15) is 68.2 Å². The molecule has 4 aliphatic heterocycles. The molecule has 0 aromatic heterocycles. The van der Waals surface area contributed by atoms with Crippen LogP contribution in [-0.2, 0) is 61.4 Å². The highest BCUT2D eigenvalue weighted by Crippen LogP contribution is 2.48. The summed E-state index contributed by atoms with van der Waals surface area (Å²) in [6.45, 7) is 10.5. The summed E-state index contributed by atoms with van der Waals surface area (Å²) in [5.74, 6) is -2.94. The minimum Gasteiger partial charge on any atom is -0.462 e. The summed E-state index contributed by atoms with van der Waals surface area (Å²) in [6, 6.07) is 19.2. The third-order valence-electron chi connectivity index (χ3n) is 11.9. The van der Waals surface area contributed by atoms with Crippen LogP contribution in [0.15, 0.2) is 109 Å². The number of alkyl halides is 2. The second-order valence-electron chi connectivity index (χ2n) is 19.6. The van der Waals surface area contributed by atoms with E-state index < -0.39 is 136 Å². The molecule has 2 amide bonds. The Labute approximate surface area is 469 Å². The number of nitrogens with one attached hydrogen (secondary N) is 2. The largest absolute Gasteiger partial charge is 0.513 e. The Morgan fingerprint density at radius 2 is 1.05 bits per heavy atom. The number of benzene rings is 3. The first-order chi connectivity index (χ1) is 38.4. The van der Waals surface area contributed by atoms with Crippen LogP contribution in [0.2, 0.25) is 0 Å². The third kappa shape index (κ3) is 17.8. The van der Waals surface area contributed by atoms with Crippen LogP contribution in [0, 0.1) is 10.1 Å². The second kappa shape index (κ2) is 28.4. The molecule has 0 radical (unpaired) electrons. The Morgan fingerprint density at radius 1 is 0.671 bits per heavy atom. The molecule has 5 N–H and O–H groups in total. The average molecular weight is 1200 g/mol. The quantitative estimate of drug-likeness (QED) is 0.0291. The van der Waals surface area contributed by atoms with Crippen molar-refractivity contribution in [3.8, 4) is 17.2 Å². The molecule has 3 aromatic rings. The summed E-state index contributed by atoms with van der Waals surface area (Å²) >= 11 is 0. The van der Waals surface area contributed by atoms with Gasteiger partial charge in [-0.25, -0.2) is 17.9 Å². The number of nitro groups is 1. The van der Waals surface area contributed by atoms with Crippen LogP contribution in [0.5, 0.6) is 17.2 Å². The fourth-order valence-corrected chi connectivity index (χ4v) is 10.8. The molecule has 4 aliphatic rings. The number of aliphatic hydroxyl groups is 3. The first-order valence-electron chi connectivity index (χ1n) is 25.3. The van der Waals surface area contributed by atoms with Gasteiger partial charge < -0.3 is 47.8 Å². The molecule has 1 unspecified atom stereocenters. The van der Waals surface area contributed by atoms with Gasteiger partial charge in [0.25, 0.3) is 5.69 Å². The van der Waals surface area contributed by atoms with Gasteiger partial charge in [0.05, 0.1) is 43.2 Å². The number of rotatable bonds is 21. The molecule has 448 valence electrons. The number of hydrogen-bond donors (Lipinski definition) is 5. The molecule has 0 bridgehead atoms. The van der Waals surface area contributed by atoms with E-state index in [0.717, 1.165) is 48.2 Å². The maximum Gasteiger partial charge on any atom is 0.513 e. The molecule has 30 heteroatoms. The lowest BCUT2D eigenvalue weighted by molar-refractivity contribution is -0.384. The lowest BCUT2D eigenvalue weighted by atomic mass is 9.97. The van der Waals surface area contributed by atoms with E-state index in [9.17, 15) is 62.6 Å². The summed E-state index contributed by atoms with van der Waals surface area (Å²) in [6.07, 6.45) is -5.75. The standard InChI is InChI=1S/C23H30FN2O9P.C18H21N2O7P.C11H14FNO5/c1-14(2)33-21(30)15(3)25-36(31,35-17-8-6-5-7-9-17)32-13-18-20(29)23(4,24)22(34-18)26-11-10-16(27)12-19(26)28;1-13(2)25-18(21)14(3)19-28(24,26-16-7-5-4-6-8-16)27-17-11-9-15(10-12-17)20(22)23;1-11(12)9(17)7(5-14)18-10(11)13-3-2-6(15)4-8(13)16/h5-11,14-15,18,20,22,29H,12-13H2,1-4H3,(H,25,31);4-14H,1-3H3,(H,19,24);2-3,7,9-10,14,17H,4-5H2,1H3/t15-,18+,20+,22+,23+,36+;14-,28?;7-,9-,10-,11-/m001/s1. The van der Waals surface area contributed by atoms with E-state index in [-0.39, 0.29) is 41.2 Å². The van der Waals surface area contributed by atoms with Gasteiger partial charge in [-0.1, -0.05) is 36.4 Å². The van der Waals surface area contributed by atoms with Crippen molar-refractivity contribution in [2.75, 3.05) is 13.2 Å². The van der Waals surface area contributed by atoms with Crippen molar-refractivity contribution >= 4 is 56.5 Å². The van der Waals surface area contributed by atoms with Gasteiger partial charge in [-0.05, 0) is 104 Å². The molecule has 0 saturated carbocycles. The summed E-state index contributed by atoms with van der Waals surface area (Å²) < 4.78 is 99.5. The Morgan fingerprint density at radius 3 is 1.43 bits per heavy atom. The monoisotopic (exact) mass is 1200 g/mol. The number of para-hydroxylation sites is 2. The van der Waals surface area contributed by atoms with E-state index in [1.54, 1.807) is 76.2 Å². The highest BCUT2D eigenvalue weighted by Gasteiger charge is 2.59. The Balaban J connectivity index is 0.000000238. The molecular weight excluding hydrogens is 1130 g/mol. The maximum atomic E-state index is 15.5. The van der Waals surface area contributed by atoms with Crippen molar-refractivity contribution < 1.29 is 104 Å². The molecular formula is C52H65F2N5O21P2. The van der Waals surface area contributed by atoms with Crippen LogP contribution >= 0.6 is 15.5 Å². The smallest absolute Gasteiger partial charge is 0.462 e. The number of non-ortho nitro benzene ring substituents is 1. The SMILES string of the molecule is CC(C)OC(=O)[C@H](C)NP(=O)(Oc1ccccc1)Oc1ccc([N+](=O)[O-])cc1.CC(C)OC(=O)[C@H](C)N[P@@](=O)(OC[C@H]1O[C@@H](N2C=CC(=O)CC2=O)[C@](C)(F)[C@@H]1O)Oc1ccccc1.C[C@@]1(F)[C@H](O)[C@@H](CO)O[C@H]1N1C=CC(=O)CC1=O. The van der Waals surface area contributed by atoms with Crippen molar-refractivity contribution in [2.24, 2.45) is 0 Å². The van der Waals surface area contributed by atoms with Crippen molar-refractivity contribution in [3.05, 3.63) is 120 Å². The fourth-order valence-electron chi connectivity index (χ4n) is 7.81. The predicted octanol–water partition coefficient (Wildman–Crippen LogP) is 5.45. The topological polar surface area (TPSA) is 345 Å². The minimum absolute atomic E-state index is 0.0711. The maximum absolute atomic E-state index is 15.5. The van der Waals surface area contributed by atoms with Gasteiger partial charge in [-0.2, -0.15) is 10.2 Å². The number of nitrogens with zero attached hydrogens (tertiary/aromatic N) is 3. The minimum atomic E-state index is -4.29. The molecule has 2 fully saturated rings. The number of hydrogen-bond acceptors (Lipinski definition) is 21. The Hall–Kier alpha value is -6.84. The zero-order valence-corrected chi connectivity index (χ0v) is 47.5. The Kier molecular flexibility index (Phi) is 22.9. The number of ketones is 2. The molecule has 26 nitrogen and oxygen atoms in total. The molecule has 12 atom stereocenters. The Bertz CT molecular complexity index is 2900. The van der Waals surface area contributed by atoms with Crippen LogP contribution < -0.4 is 23.7 Å². The van der Waals surface area contributed by atoms with Crippen molar-refractivity contribution in [2.45, 2.75) is 141 Å². The lowest BCUT2D eigenvalue weighted by Gasteiger charge is -2.32. The van der Waals surface area contributed by atoms with Crippen LogP contribution in [0.3, 0.4) is 0 Å². The van der Waals surface area contributed by atoms with E-state index >= 15 is 4.39 Å². The molecule has 4 heterocycles. The van der Waals surface area contributed by atoms with Gasteiger partial charge >= 0.3 is 27.4 Å². The van der Waals surface area contributed by atoms with Gasteiger partial charge in [0, 0.05) is 24.5 Å². The lowest BCUT2D eigenvalue weighted by Crippen LogP contribution is -2.51. The number of esters is 2. The van der Waals surface area contributed by atoms with Gasteiger partial charge in [-0.15, -0.1) is 0 Å². The molecule has 0 spiro atoms. The van der Waals surface area contributed by atoms with Crippen molar-refractivity contribution in [1.29, 1.82) is 0 Å². The number of carbonyl (C=O) groups excluding carboxylic acids is 6. The van der Waals surface area contributed by atoms with Gasteiger partial charge in [0.1, 0.15) is 53.7 Å². The van der Waals surface area contributed by atoms with E-state index in [1.165, 1.54) is 50.2 Å². The van der Waals surface area contributed by atoms with E-state index in [4.69, 9.17) is 42.1 Å². The van der Waals surface area contributed by atoms with Gasteiger partial charge in [0.15, 0.2) is 35.4 Å². The highest BCUT2D eigenvalue weighted by molar-refractivity contribution is 7.52. The predicted molar refractivity (Wildman–Crippen MR) is 283 cm³/mol. The number of halogens is 2. The number of nitro benzene ring substituents is 1. The van der Waals surface area contributed by atoms with Gasteiger partial charge in [0.2, 0.25) is 11.8 Å². The van der Waals surface area contributed by atoms with Crippen LogP contribution in [0.25, 0.3) is 0 Å². The summed E-state index contributed by atoms with van der Waals surface area (Å²) in [5, 5.41) is 45.0. The van der Waals surface area contributed by atoms with E-state index in [2.05, 4.69) is 10.2 Å². The molecule has 0 aliphatic carbocycles. The number of ether oxygens (including phenoxy) is 4. The van der Waals surface area contributed by atoms with Crippen molar-refractivity contribution in [3.63, 3.8) is 0 Å².